The van der Waals surface area contributed by atoms with Gasteiger partial charge in [0.15, 0.2) is 5.82 Å². The van der Waals surface area contributed by atoms with Gasteiger partial charge < -0.3 is 15.8 Å². The van der Waals surface area contributed by atoms with Crippen molar-refractivity contribution in [2.45, 2.75) is 33.1 Å². The number of nitrogens with two attached hydrogens (primary N) is 1. The van der Waals surface area contributed by atoms with E-state index in [2.05, 4.69) is 29.4 Å². The average molecular weight is 390 g/mol. The van der Waals surface area contributed by atoms with Crippen LogP contribution in [-0.4, -0.2) is 23.2 Å². The van der Waals surface area contributed by atoms with E-state index in [1.54, 1.807) is 7.11 Å². The topological polar surface area (TPSA) is 90.1 Å². The highest BCUT2D eigenvalue weighted by Crippen LogP contribution is 2.34. The fraction of sp³-hybridized carbons (Fsp3) is 0.261. The number of carbonyl (C=O) groups is 1. The minimum absolute atomic E-state index is 0.230. The van der Waals surface area contributed by atoms with Gasteiger partial charge in [0.05, 0.1) is 13.5 Å². The highest BCUT2D eigenvalue weighted by molar-refractivity contribution is 5.77. The number of ether oxygens (including phenoxy) is 1. The Morgan fingerprint density at radius 2 is 1.69 bits per heavy atom. The molecule has 3 rings (SSSR count). The van der Waals surface area contributed by atoms with E-state index < -0.39 is 0 Å². The summed E-state index contributed by atoms with van der Waals surface area (Å²) in [5, 5.41) is 12.4. The lowest BCUT2D eigenvalue weighted by molar-refractivity contribution is -0.117. The van der Waals surface area contributed by atoms with Crippen LogP contribution in [0.3, 0.4) is 0 Å². The molecule has 2 aromatic carbocycles. The summed E-state index contributed by atoms with van der Waals surface area (Å²) < 4.78 is 5.52. The van der Waals surface area contributed by atoms with Gasteiger partial charge in [-0.15, -0.1) is 10.2 Å². The molecule has 0 unspecified atom stereocenters. The Morgan fingerprint density at radius 1 is 1.00 bits per heavy atom. The van der Waals surface area contributed by atoms with Crippen LogP contribution in [-0.2, 0) is 24.1 Å². The van der Waals surface area contributed by atoms with Crippen LogP contribution in [0.5, 0.6) is 5.75 Å². The maximum atomic E-state index is 11.1. The van der Waals surface area contributed by atoms with Gasteiger partial charge in [-0.3, -0.25) is 4.79 Å². The summed E-state index contributed by atoms with van der Waals surface area (Å²) in [6.45, 7) is 4.24. The smallest absolute Gasteiger partial charge is 0.221 e. The molecular formula is C23H26N4O2. The zero-order chi connectivity index (χ0) is 20.8. The summed E-state index contributed by atoms with van der Waals surface area (Å²) in [5.41, 5.74) is 11.1. The molecule has 0 aliphatic heterocycles. The van der Waals surface area contributed by atoms with Crippen molar-refractivity contribution in [3.63, 3.8) is 0 Å². The zero-order valence-corrected chi connectivity index (χ0v) is 17.0. The number of carbonyl (C=O) groups excluding carboxylic acids is 1. The third-order valence-corrected chi connectivity index (χ3v) is 4.85. The minimum atomic E-state index is -0.343. The Labute approximate surface area is 171 Å². The molecule has 150 valence electrons. The van der Waals surface area contributed by atoms with Crippen molar-refractivity contribution in [3.8, 4) is 17.0 Å². The molecular weight excluding hydrogens is 364 g/mol. The van der Waals surface area contributed by atoms with Crippen molar-refractivity contribution in [1.82, 2.24) is 10.2 Å². The molecule has 0 aliphatic rings. The molecule has 6 heteroatoms. The van der Waals surface area contributed by atoms with Crippen molar-refractivity contribution in [2.75, 3.05) is 12.4 Å². The lowest BCUT2D eigenvalue weighted by atomic mass is 9.97. The number of benzene rings is 2. The number of anilines is 2. The number of hydrogen-bond acceptors (Lipinski definition) is 5. The molecule has 0 saturated heterocycles. The maximum Gasteiger partial charge on any atom is 0.221 e. The molecule has 0 spiro atoms. The third kappa shape index (κ3) is 4.54. The van der Waals surface area contributed by atoms with Gasteiger partial charge in [-0.25, -0.2) is 0 Å². The first-order chi connectivity index (χ1) is 14.1. The number of nitrogens with zero attached hydrogens (tertiary/aromatic N) is 2. The normalized spacial score (nSPS) is 10.6. The SMILES string of the molecule is CCc1c(Nc2ccc(CC(N)=O)cc2)nnc(-c2ccccc2OC)c1CC. The van der Waals surface area contributed by atoms with Crippen molar-refractivity contribution in [2.24, 2.45) is 5.73 Å². The first kappa shape index (κ1) is 20.3. The number of nitrogens with one attached hydrogen (secondary N) is 1. The highest BCUT2D eigenvalue weighted by atomic mass is 16.5. The summed E-state index contributed by atoms with van der Waals surface area (Å²) in [6, 6.07) is 15.5. The molecule has 1 heterocycles. The maximum absolute atomic E-state index is 11.1. The van der Waals surface area contributed by atoms with Gasteiger partial charge in [-0.1, -0.05) is 38.1 Å². The van der Waals surface area contributed by atoms with E-state index in [4.69, 9.17) is 10.5 Å². The van der Waals surface area contributed by atoms with Gasteiger partial charge in [0.25, 0.3) is 0 Å². The summed E-state index contributed by atoms with van der Waals surface area (Å²) in [5.74, 6) is 1.18. The van der Waals surface area contributed by atoms with Crippen LogP contribution in [0.2, 0.25) is 0 Å². The molecule has 3 aromatic rings. The molecule has 0 atom stereocenters. The number of methoxy groups -OCH3 is 1. The standard InChI is InChI=1S/C23H26N4O2/c1-4-17-18(5-2)23(25-16-12-10-15(11-13-16)14-21(24)28)27-26-22(17)19-8-6-7-9-20(19)29-3/h6-13H,4-5,14H2,1-3H3,(H2,24,28)(H,25,27). The summed E-state index contributed by atoms with van der Waals surface area (Å²) in [7, 11) is 1.66. The van der Waals surface area contributed by atoms with E-state index in [0.717, 1.165) is 58.0 Å². The van der Waals surface area contributed by atoms with Gasteiger partial charge in [0, 0.05) is 16.8 Å². The van der Waals surface area contributed by atoms with E-state index in [1.807, 2.05) is 48.5 Å². The fourth-order valence-corrected chi connectivity index (χ4v) is 3.47. The number of hydrogen-bond donors (Lipinski definition) is 2. The molecule has 1 aromatic heterocycles. The Balaban J connectivity index is 1.97. The Kier molecular flexibility index (Phi) is 6.44. The average Bonchev–Trinajstić information content (AvgIpc) is 2.74. The van der Waals surface area contributed by atoms with Gasteiger partial charge in [0.1, 0.15) is 11.4 Å². The number of primary amides is 1. The van der Waals surface area contributed by atoms with Crippen molar-refractivity contribution >= 4 is 17.4 Å². The predicted octanol–water partition coefficient (Wildman–Crippen LogP) is 4.05. The van der Waals surface area contributed by atoms with Crippen LogP contribution >= 0.6 is 0 Å². The molecule has 0 bridgehead atoms. The largest absolute Gasteiger partial charge is 0.496 e. The number of aromatic nitrogens is 2. The van der Waals surface area contributed by atoms with Crippen LogP contribution in [0.1, 0.15) is 30.5 Å². The van der Waals surface area contributed by atoms with E-state index in [9.17, 15) is 4.79 Å². The molecule has 6 nitrogen and oxygen atoms in total. The van der Waals surface area contributed by atoms with Crippen LogP contribution in [0.15, 0.2) is 48.5 Å². The lowest BCUT2D eigenvalue weighted by Crippen LogP contribution is -2.13. The van der Waals surface area contributed by atoms with Gasteiger partial charge in [-0.05, 0) is 48.2 Å². The van der Waals surface area contributed by atoms with Crippen LogP contribution < -0.4 is 15.8 Å². The predicted molar refractivity (Wildman–Crippen MR) is 115 cm³/mol. The molecule has 0 saturated carbocycles. The van der Waals surface area contributed by atoms with Gasteiger partial charge >= 0.3 is 0 Å². The Morgan fingerprint density at radius 3 is 2.31 bits per heavy atom. The zero-order valence-electron chi connectivity index (χ0n) is 17.0. The van der Waals surface area contributed by atoms with Crippen molar-refractivity contribution in [1.29, 1.82) is 0 Å². The number of rotatable bonds is 8. The van der Waals surface area contributed by atoms with E-state index in [-0.39, 0.29) is 12.3 Å². The number of amides is 1. The second-order valence-corrected chi connectivity index (χ2v) is 6.73. The van der Waals surface area contributed by atoms with Crippen LogP contribution in [0.25, 0.3) is 11.3 Å². The van der Waals surface area contributed by atoms with E-state index >= 15 is 0 Å². The van der Waals surface area contributed by atoms with Crippen LogP contribution in [0, 0.1) is 0 Å². The minimum Gasteiger partial charge on any atom is -0.496 e. The Hall–Kier alpha value is -3.41. The molecule has 0 radical (unpaired) electrons. The number of para-hydroxylation sites is 1. The summed E-state index contributed by atoms with van der Waals surface area (Å²) in [6.07, 6.45) is 1.88. The van der Waals surface area contributed by atoms with Gasteiger partial charge in [0.2, 0.25) is 5.91 Å². The first-order valence-electron chi connectivity index (χ1n) is 9.73. The van der Waals surface area contributed by atoms with E-state index in [0.29, 0.717) is 0 Å². The fourth-order valence-electron chi connectivity index (χ4n) is 3.47. The second-order valence-electron chi connectivity index (χ2n) is 6.73. The van der Waals surface area contributed by atoms with E-state index in [1.165, 1.54) is 0 Å². The van der Waals surface area contributed by atoms with Crippen molar-refractivity contribution in [3.05, 3.63) is 65.2 Å². The van der Waals surface area contributed by atoms with Gasteiger partial charge in [-0.2, -0.15) is 0 Å². The third-order valence-electron chi connectivity index (χ3n) is 4.85. The molecule has 0 fully saturated rings. The lowest BCUT2D eigenvalue weighted by Gasteiger charge is -2.17. The highest BCUT2D eigenvalue weighted by Gasteiger charge is 2.18. The molecule has 1 amide bonds. The summed E-state index contributed by atoms with van der Waals surface area (Å²) in [4.78, 5) is 11.1. The molecule has 0 aliphatic carbocycles. The quantitative estimate of drug-likeness (QED) is 0.606. The second kappa shape index (κ2) is 9.19. The molecule has 29 heavy (non-hydrogen) atoms. The molecule has 3 N–H and O–H groups in total. The Bertz CT molecular complexity index is 1000. The first-order valence-corrected chi connectivity index (χ1v) is 9.73. The van der Waals surface area contributed by atoms with Crippen LogP contribution in [0.4, 0.5) is 11.5 Å². The monoisotopic (exact) mass is 390 g/mol. The summed E-state index contributed by atoms with van der Waals surface area (Å²) >= 11 is 0. The van der Waals surface area contributed by atoms with Crippen molar-refractivity contribution < 1.29 is 9.53 Å².